The van der Waals surface area contributed by atoms with Crippen LogP contribution in [0.15, 0.2) is 0 Å². The maximum Gasteiger partial charge on any atom is 0.308 e. The highest BCUT2D eigenvalue weighted by Gasteiger charge is 2.56. The molecule has 2 saturated carbocycles. The van der Waals surface area contributed by atoms with Gasteiger partial charge in [0.05, 0.1) is 13.0 Å². The van der Waals surface area contributed by atoms with Crippen molar-refractivity contribution >= 4 is 17.7 Å². The SMILES string of the molecule is CCC1C(CCCC(C)C(=O)OC)C(=O)[C@H](CC)[C@@H]2C[C@H](OC(C)=O)CCC12C. The van der Waals surface area contributed by atoms with E-state index in [9.17, 15) is 14.4 Å². The number of ether oxygens (including phenoxy) is 2. The van der Waals surface area contributed by atoms with Crippen molar-refractivity contribution in [3.05, 3.63) is 0 Å². The molecule has 0 aromatic carbocycles. The number of hydrogen-bond donors (Lipinski definition) is 0. The highest BCUT2D eigenvalue weighted by molar-refractivity contribution is 5.85. The standard InChI is InChI=1S/C24H40O5/c1-7-18-21-14-17(29-16(4)25)12-13-24(21,5)20(8-2)19(22(18)26)11-9-10-15(3)23(27)28-6/h15,17-21H,7-14H2,1-6H3/t15?,17-,18-,19?,20?,21+,24?/m1/s1. The molecule has 0 amide bonds. The molecule has 5 heteroatoms. The fraction of sp³-hybridized carbons (Fsp3) is 0.875. The number of methoxy groups -OCH3 is 1. The Morgan fingerprint density at radius 3 is 2.45 bits per heavy atom. The van der Waals surface area contributed by atoms with E-state index in [0.717, 1.165) is 51.4 Å². The van der Waals surface area contributed by atoms with Gasteiger partial charge in [-0.15, -0.1) is 0 Å². The number of carbonyl (C=O) groups is 3. The number of carbonyl (C=O) groups excluding carboxylic acids is 3. The second-order valence-electron chi connectivity index (χ2n) is 9.51. The molecule has 0 heterocycles. The summed E-state index contributed by atoms with van der Waals surface area (Å²) in [4.78, 5) is 36.7. The molecule has 0 radical (unpaired) electrons. The molecular weight excluding hydrogens is 368 g/mol. The quantitative estimate of drug-likeness (QED) is 0.531. The summed E-state index contributed by atoms with van der Waals surface area (Å²) in [5.41, 5.74) is 0.110. The van der Waals surface area contributed by atoms with Crippen molar-refractivity contribution in [2.75, 3.05) is 7.11 Å². The van der Waals surface area contributed by atoms with E-state index in [0.29, 0.717) is 11.7 Å². The average Bonchev–Trinajstić information content (AvgIpc) is 2.68. The fourth-order valence-corrected chi connectivity index (χ4v) is 6.43. The number of ketones is 1. The van der Waals surface area contributed by atoms with Crippen molar-refractivity contribution < 1.29 is 23.9 Å². The summed E-state index contributed by atoms with van der Waals surface area (Å²) in [5, 5.41) is 0. The lowest BCUT2D eigenvalue weighted by atomic mass is 9.47. The zero-order valence-electron chi connectivity index (χ0n) is 19.2. The molecule has 5 nitrogen and oxygen atoms in total. The third-order valence-corrected chi connectivity index (χ3v) is 7.89. The van der Waals surface area contributed by atoms with Gasteiger partial charge in [-0.3, -0.25) is 14.4 Å². The summed E-state index contributed by atoms with van der Waals surface area (Å²) in [6, 6.07) is 0. The van der Waals surface area contributed by atoms with E-state index in [2.05, 4.69) is 20.8 Å². The molecule has 2 fully saturated rings. The van der Waals surface area contributed by atoms with Crippen molar-refractivity contribution in [2.24, 2.45) is 35.0 Å². The van der Waals surface area contributed by atoms with Gasteiger partial charge in [0.15, 0.2) is 0 Å². The normalized spacial score (nSPS) is 35.5. The van der Waals surface area contributed by atoms with Gasteiger partial charge >= 0.3 is 11.9 Å². The predicted molar refractivity (Wildman–Crippen MR) is 112 cm³/mol. The van der Waals surface area contributed by atoms with E-state index in [4.69, 9.17) is 9.47 Å². The van der Waals surface area contributed by atoms with Crippen molar-refractivity contribution in [3.8, 4) is 0 Å². The van der Waals surface area contributed by atoms with E-state index in [-0.39, 0.29) is 47.1 Å². The van der Waals surface area contributed by atoms with Gasteiger partial charge in [0.2, 0.25) is 0 Å². The van der Waals surface area contributed by atoms with Crippen LogP contribution in [0.5, 0.6) is 0 Å². The van der Waals surface area contributed by atoms with Crippen LogP contribution >= 0.6 is 0 Å². The first-order chi connectivity index (χ1) is 13.7. The zero-order valence-corrected chi connectivity index (χ0v) is 19.2. The molecule has 0 aliphatic heterocycles. The molecule has 166 valence electrons. The maximum absolute atomic E-state index is 13.5. The largest absolute Gasteiger partial charge is 0.469 e. The van der Waals surface area contributed by atoms with Gasteiger partial charge in [0.25, 0.3) is 0 Å². The smallest absolute Gasteiger partial charge is 0.308 e. The summed E-state index contributed by atoms with van der Waals surface area (Å²) >= 11 is 0. The van der Waals surface area contributed by atoms with Crippen LogP contribution < -0.4 is 0 Å². The minimum atomic E-state index is -0.224. The topological polar surface area (TPSA) is 69.7 Å². The van der Waals surface area contributed by atoms with Gasteiger partial charge in [-0.1, -0.05) is 40.5 Å². The summed E-state index contributed by atoms with van der Waals surface area (Å²) in [6.45, 7) is 10.1. The highest BCUT2D eigenvalue weighted by Crippen LogP contribution is 2.59. The zero-order chi connectivity index (χ0) is 21.8. The summed E-state index contributed by atoms with van der Waals surface area (Å²) in [6.07, 6.45) is 6.97. The van der Waals surface area contributed by atoms with E-state index < -0.39 is 0 Å². The first-order valence-corrected chi connectivity index (χ1v) is 11.5. The maximum atomic E-state index is 13.5. The molecule has 0 bridgehead atoms. The number of Topliss-reactive ketones (excluding diaryl/α,β-unsaturated/α-hetero) is 1. The van der Waals surface area contributed by atoms with Crippen molar-refractivity contribution in [2.45, 2.75) is 92.1 Å². The Hall–Kier alpha value is -1.39. The van der Waals surface area contributed by atoms with Gasteiger partial charge < -0.3 is 9.47 Å². The van der Waals surface area contributed by atoms with E-state index in [1.54, 1.807) is 0 Å². The first kappa shape index (κ1) is 23.9. The minimum absolute atomic E-state index is 0.0455. The number of rotatable bonds is 8. The highest BCUT2D eigenvalue weighted by atomic mass is 16.5. The lowest BCUT2D eigenvalue weighted by Crippen LogP contribution is -2.56. The van der Waals surface area contributed by atoms with Crippen LogP contribution in [0.1, 0.15) is 86.0 Å². The molecule has 0 aromatic rings. The Morgan fingerprint density at radius 1 is 1.21 bits per heavy atom. The third kappa shape index (κ3) is 5.03. The summed E-state index contributed by atoms with van der Waals surface area (Å²) < 4.78 is 10.4. The van der Waals surface area contributed by atoms with Gasteiger partial charge in [-0.2, -0.15) is 0 Å². The average molecular weight is 409 g/mol. The van der Waals surface area contributed by atoms with Gasteiger partial charge in [-0.05, 0) is 55.8 Å². The van der Waals surface area contributed by atoms with Crippen LogP contribution in [-0.4, -0.2) is 30.9 Å². The van der Waals surface area contributed by atoms with E-state index >= 15 is 0 Å². The lowest BCUT2D eigenvalue weighted by molar-refractivity contribution is -0.164. The molecule has 0 spiro atoms. The summed E-state index contributed by atoms with van der Waals surface area (Å²) in [5.74, 6) is 0.639. The predicted octanol–water partition coefficient (Wildman–Crippen LogP) is 4.96. The molecule has 2 rings (SSSR count). The Bertz CT molecular complexity index is 600. The van der Waals surface area contributed by atoms with Crippen LogP contribution in [0, 0.1) is 35.0 Å². The number of esters is 2. The van der Waals surface area contributed by atoms with Gasteiger partial charge in [0, 0.05) is 18.8 Å². The molecule has 0 N–H and O–H groups in total. The Morgan fingerprint density at radius 2 is 1.90 bits per heavy atom. The summed E-state index contributed by atoms with van der Waals surface area (Å²) in [7, 11) is 1.43. The van der Waals surface area contributed by atoms with Crippen molar-refractivity contribution in [1.82, 2.24) is 0 Å². The number of hydrogen-bond acceptors (Lipinski definition) is 5. The lowest BCUT2D eigenvalue weighted by Gasteiger charge is -2.57. The minimum Gasteiger partial charge on any atom is -0.469 e. The molecule has 7 atom stereocenters. The van der Waals surface area contributed by atoms with Gasteiger partial charge in [-0.25, -0.2) is 0 Å². The Balaban J connectivity index is 2.16. The molecule has 4 unspecified atom stereocenters. The molecule has 29 heavy (non-hydrogen) atoms. The molecule has 2 aliphatic carbocycles. The van der Waals surface area contributed by atoms with Gasteiger partial charge in [0.1, 0.15) is 11.9 Å². The van der Waals surface area contributed by atoms with E-state index in [1.807, 2.05) is 6.92 Å². The fourth-order valence-electron chi connectivity index (χ4n) is 6.43. The molecule has 0 aromatic heterocycles. The molecule has 0 saturated heterocycles. The second kappa shape index (κ2) is 10.1. The van der Waals surface area contributed by atoms with Crippen LogP contribution in [0.4, 0.5) is 0 Å². The van der Waals surface area contributed by atoms with Crippen LogP contribution in [-0.2, 0) is 23.9 Å². The first-order valence-electron chi connectivity index (χ1n) is 11.5. The van der Waals surface area contributed by atoms with Crippen LogP contribution in [0.2, 0.25) is 0 Å². The molecule has 2 aliphatic rings. The van der Waals surface area contributed by atoms with E-state index in [1.165, 1.54) is 14.0 Å². The number of fused-ring (bicyclic) bond motifs is 1. The molecular formula is C24H40O5. The van der Waals surface area contributed by atoms with Crippen LogP contribution in [0.3, 0.4) is 0 Å². The monoisotopic (exact) mass is 408 g/mol. The Labute approximate surface area is 176 Å². The van der Waals surface area contributed by atoms with Crippen molar-refractivity contribution in [1.29, 1.82) is 0 Å². The third-order valence-electron chi connectivity index (χ3n) is 7.89. The van der Waals surface area contributed by atoms with Crippen LogP contribution in [0.25, 0.3) is 0 Å². The van der Waals surface area contributed by atoms with Crippen molar-refractivity contribution in [3.63, 3.8) is 0 Å². The Kier molecular flexibility index (Phi) is 8.30. The second-order valence-corrected chi connectivity index (χ2v) is 9.51.